The zero-order valence-electron chi connectivity index (χ0n) is 11.1. The predicted molar refractivity (Wildman–Crippen MR) is 70.2 cm³/mol. The van der Waals surface area contributed by atoms with E-state index in [0.29, 0.717) is 6.61 Å². The fraction of sp³-hybridized carbons (Fsp3) is 0.750. The Morgan fingerprint density at radius 2 is 2.18 bits per heavy atom. The van der Waals surface area contributed by atoms with Gasteiger partial charge in [-0.05, 0) is 13.5 Å². The maximum atomic E-state index is 5.49. The Bertz CT molecular complexity index is 305. The molecule has 0 bridgehead atoms. The van der Waals surface area contributed by atoms with Crippen molar-refractivity contribution >= 4 is 11.3 Å². The summed E-state index contributed by atoms with van der Waals surface area (Å²) in [5, 5.41) is 4.22. The summed E-state index contributed by atoms with van der Waals surface area (Å²) >= 11 is 1.72. The lowest BCUT2D eigenvalue weighted by molar-refractivity contribution is 0.0942. The molecule has 17 heavy (non-hydrogen) atoms. The first kappa shape index (κ1) is 14.6. The van der Waals surface area contributed by atoms with Crippen LogP contribution in [-0.4, -0.2) is 26.3 Å². The molecular formula is C12H22N2O2S. The molecule has 0 radical (unpaired) electrons. The summed E-state index contributed by atoms with van der Waals surface area (Å²) in [6.07, 6.45) is 2.22. The number of ether oxygens (including phenoxy) is 2. The molecule has 1 N–H and O–H groups in total. The lowest BCUT2D eigenvalue weighted by Gasteiger charge is -2.10. The van der Waals surface area contributed by atoms with Crippen molar-refractivity contribution in [2.45, 2.75) is 39.0 Å². The molecule has 1 aromatic rings. The summed E-state index contributed by atoms with van der Waals surface area (Å²) in [5.41, 5.74) is 1.03. The van der Waals surface area contributed by atoms with Gasteiger partial charge < -0.3 is 14.8 Å². The molecule has 0 saturated carbocycles. The van der Waals surface area contributed by atoms with E-state index in [9.17, 15) is 0 Å². The van der Waals surface area contributed by atoms with Gasteiger partial charge in [0.1, 0.15) is 11.1 Å². The van der Waals surface area contributed by atoms with Crippen LogP contribution in [0.5, 0.6) is 0 Å². The van der Waals surface area contributed by atoms with Crippen LogP contribution in [0, 0.1) is 0 Å². The molecule has 0 aromatic carbocycles. The molecule has 1 aromatic heterocycles. The highest BCUT2D eigenvalue weighted by molar-refractivity contribution is 7.11. The van der Waals surface area contributed by atoms with E-state index in [1.807, 2.05) is 7.05 Å². The first-order chi connectivity index (χ1) is 8.26. The second-order valence-electron chi connectivity index (χ2n) is 3.90. The number of nitrogens with one attached hydrogen (secondary N) is 1. The quantitative estimate of drug-likeness (QED) is 0.778. The number of methoxy groups -OCH3 is 2. The van der Waals surface area contributed by atoms with Gasteiger partial charge in [-0.15, -0.1) is 11.3 Å². The third-order valence-electron chi connectivity index (χ3n) is 2.52. The van der Waals surface area contributed by atoms with Crippen molar-refractivity contribution in [1.82, 2.24) is 10.3 Å². The Labute approximate surface area is 107 Å². The normalized spacial score (nSPS) is 12.9. The molecule has 0 fully saturated rings. The highest BCUT2D eigenvalue weighted by Gasteiger charge is 2.17. The average molecular weight is 258 g/mol. The second kappa shape index (κ2) is 7.76. The first-order valence-corrected chi connectivity index (χ1v) is 6.73. The highest BCUT2D eigenvalue weighted by atomic mass is 32.1. The molecule has 0 amide bonds. The fourth-order valence-corrected chi connectivity index (χ4v) is 2.89. The summed E-state index contributed by atoms with van der Waals surface area (Å²) in [7, 11) is 5.38. The van der Waals surface area contributed by atoms with Gasteiger partial charge >= 0.3 is 0 Å². The minimum absolute atomic E-state index is 0.117. The van der Waals surface area contributed by atoms with Crippen molar-refractivity contribution in [2.24, 2.45) is 0 Å². The first-order valence-electron chi connectivity index (χ1n) is 5.91. The zero-order chi connectivity index (χ0) is 12.7. The Balaban J connectivity index is 2.88. The maximum Gasteiger partial charge on any atom is 0.122 e. The summed E-state index contributed by atoms with van der Waals surface area (Å²) in [6, 6.07) is 0. The molecule has 1 atom stereocenters. The lowest BCUT2D eigenvalue weighted by atomic mass is 10.2. The fourth-order valence-electron chi connectivity index (χ4n) is 1.69. The van der Waals surface area contributed by atoms with Crippen LogP contribution in [0.25, 0.3) is 0 Å². The smallest absolute Gasteiger partial charge is 0.122 e. The van der Waals surface area contributed by atoms with Gasteiger partial charge in [-0.2, -0.15) is 0 Å². The molecule has 4 nitrogen and oxygen atoms in total. The second-order valence-corrected chi connectivity index (χ2v) is 5.01. The number of thiazole rings is 1. The number of hydrogen-bond acceptors (Lipinski definition) is 5. The van der Waals surface area contributed by atoms with Gasteiger partial charge in [0.25, 0.3) is 0 Å². The van der Waals surface area contributed by atoms with E-state index < -0.39 is 0 Å². The molecule has 0 saturated heterocycles. The van der Waals surface area contributed by atoms with Crippen LogP contribution in [0.15, 0.2) is 0 Å². The van der Waals surface area contributed by atoms with Gasteiger partial charge in [-0.3, -0.25) is 0 Å². The van der Waals surface area contributed by atoms with Crippen LogP contribution in [-0.2, 0) is 22.6 Å². The van der Waals surface area contributed by atoms with Crippen molar-refractivity contribution in [3.8, 4) is 0 Å². The van der Waals surface area contributed by atoms with E-state index in [2.05, 4.69) is 17.2 Å². The SMILES string of the molecule is CCCC(OC)c1nc(COC)c(CNC)s1. The minimum atomic E-state index is 0.117. The van der Waals surface area contributed by atoms with Crippen molar-refractivity contribution < 1.29 is 9.47 Å². The van der Waals surface area contributed by atoms with Crippen molar-refractivity contribution in [2.75, 3.05) is 21.3 Å². The van der Waals surface area contributed by atoms with E-state index in [4.69, 9.17) is 9.47 Å². The van der Waals surface area contributed by atoms with E-state index in [1.54, 1.807) is 25.6 Å². The van der Waals surface area contributed by atoms with Gasteiger partial charge in [0.05, 0.1) is 12.3 Å². The summed E-state index contributed by atoms with van der Waals surface area (Å²) < 4.78 is 10.7. The van der Waals surface area contributed by atoms with E-state index in [0.717, 1.165) is 30.1 Å². The monoisotopic (exact) mass is 258 g/mol. The number of rotatable bonds is 8. The van der Waals surface area contributed by atoms with E-state index in [1.165, 1.54) is 4.88 Å². The lowest BCUT2D eigenvalue weighted by Crippen LogP contribution is -2.06. The van der Waals surface area contributed by atoms with Gasteiger partial charge in [0.15, 0.2) is 0 Å². The average Bonchev–Trinajstić information content (AvgIpc) is 2.70. The van der Waals surface area contributed by atoms with E-state index >= 15 is 0 Å². The summed E-state index contributed by atoms with van der Waals surface area (Å²) in [6.45, 7) is 3.55. The number of hydrogen-bond donors (Lipinski definition) is 1. The Hall–Kier alpha value is -0.490. The Morgan fingerprint density at radius 1 is 1.41 bits per heavy atom. The van der Waals surface area contributed by atoms with Crippen LogP contribution < -0.4 is 5.32 Å². The van der Waals surface area contributed by atoms with Gasteiger partial charge in [-0.1, -0.05) is 13.3 Å². The van der Waals surface area contributed by atoms with Crippen molar-refractivity contribution in [3.05, 3.63) is 15.6 Å². The van der Waals surface area contributed by atoms with Crippen LogP contribution in [0.3, 0.4) is 0 Å². The molecule has 1 rings (SSSR count). The largest absolute Gasteiger partial charge is 0.378 e. The molecule has 0 aliphatic rings. The molecule has 5 heteroatoms. The van der Waals surface area contributed by atoms with Crippen LogP contribution in [0.1, 0.15) is 41.4 Å². The highest BCUT2D eigenvalue weighted by Crippen LogP contribution is 2.29. The van der Waals surface area contributed by atoms with Crippen LogP contribution >= 0.6 is 11.3 Å². The van der Waals surface area contributed by atoms with Crippen LogP contribution in [0.2, 0.25) is 0 Å². The molecule has 0 aliphatic heterocycles. The minimum Gasteiger partial charge on any atom is -0.378 e. The van der Waals surface area contributed by atoms with Crippen LogP contribution in [0.4, 0.5) is 0 Å². The molecular weight excluding hydrogens is 236 g/mol. The molecule has 98 valence electrons. The maximum absolute atomic E-state index is 5.49. The Morgan fingerprint density at radius 3 is 2.71 bits per heavy atom. The summed E-state index contributed by atoms with van der Waals surface area (Å²) in [5.74, 6) is 0. The third-order valence-corrected chi connectivity index (χ3v) is 3.71. The van der Waals surface area contributed by atoms with Crippen molar-refractivity contribution in [3.63, 3.8) is 0 Å². The molecule has 1 heterocycles. The molecule has 0 aliphatic carbocycles. The predicted octanol–water partition coefficient (Wildman–Crippen LogP) is 2.50. The topological polar surface area (TPSA) is 43.4 Å². The Kier molecular flexibility index (Phi) is 6.65. The van der Waals surface area contributed by atoms with Gasteiger partial charge in [-0.25, -0.2) is 4.98 Å². The summed E-state index contributed by atoms with van der Waals surface area (Å²) in [4.78, 5) is 5.88. The standard InChI is InChI=1S/C12H22N2O2S/c1-5-6-10(16-4)12-14-9(8-15-3)11(17-12)7-13-2/h10,13H,5-8H2,1-4H3. The molecule has 0 spiro atoms. The van der Waals surface area contributed by atoms with Crippen molar-refractivity contribution in [1.29, 1.82) is 0 Å². The van der Waals surface area contributed by atoms with Gasteiger partial charge in [0.2, 0.25) is 0 Å². The van der Waals surface area contributed by atoms with E-state index in [-0.39, 0.29) is 6.10 Å². The molecule has 1 unspecified atom stereocenters. The van der Waals surface area contributed by atoms with Gasteiger partial charge in [0, 0.05) is 25.6 Å². The zero-order valence-corrected chi connectivity index (χ0v) is 11.9. The number of aromatic nitrogens is 1. The third kappa shape index (κ3) is 4.03. The number of nitrogens with zero attached hydrogens (tertiary/aromatic N) is 1.